The number of hydrogen-bond donors (Lipinski definition) is 2. The first-order valence-corrected chi connectivity index (χ1v) is 7.26. The molecule has 0 radical (unpaired) electrons. The summed E-state index contributed by atoms with van der Waals surface area (Å²) in [5, 5.41) is 7.86. The van der Waals surface area contributed by atoms with Crippen molar-refractivity contribution >= 4 is 46.2 Å². The minimum atomic E-state index is 0.509. The molecule has 0 spiro atoms. The predicted octanol–water partition coefficient (Wildman–Crippen LogP) is 4.79. The first-order chi connectivity index (χ1) is 9.54. The van der Waals surface area contributed by atoms with E-state index in [1.807, 2.05) is 0 Å². The zero-order valence-corrected chi connectivity index (χ0v) is 13.2. The molecule has 5 heteroatoms. The number of thiocarbonyl (C=S) groups is 1. The topological polar surface area (TPSA) is 24.1 Å². The van der Waals surface area contributed by atoms with Crippen LogP contribution in [0.15, 0.2) is 42.5 Å². The molecule has 0 heterocycles. The molecule has 0 saturated carbocycles. The van der Waals surface area contributed by atoms with Crippen molar-refractivity contribution in [2.24, 2.45) is 0 Å². The number of rotatable bonds is 3. The summed E-state index contributed by atoms with van der Waals surface area (Å²) in [5.74, 6) is 0. The Morgan fingerprint density at radius 2 is 1.80 bits per heavy atom. The highest BCUT2D eigenvalue weighted by molar-refractivity contribution is 7.80. The van der Waals surface area contributed by atoms with E-state index in [4.69, 9.17) is 35.4 Å². The van der Waals surface area contributed by atoms with Gasteiger partial charge in [-0.3, -0.25) is 0 Å². The molecule has 2 aromatic rings. The fourth-order valence-corrected chi connectivity index (χ4v) is 2.17. The van der Waals surface area contributed by atoms with Crippen LogP contribution in [0.5, 0.6) is 0 Å². The molecular weight excluding hydrogens is 311 g/mol. The standard InChI is InChI=1S/C15H14Cl2N2S/c1-10-2-4-11(5-3-10)9-18-15(20)19-14-8-12(16)6-7-13(14)17/h2-8H,9H2,1H3,(H2,18,19,20). The molecule has 104 valence electrons. The molecule has 0 bridgehead atoms. The Morgan fingerprint density at radius 1 is 1.10 bits per heavy atom. The second kappa shape index (κ2) is 6.93. The van der Waals surface area contributed by atoms with Crippen LogP contribution in [0.25, 0.3) is 0 Å². The van der Waals surface area contributed by atoms with Gasteiger partial charge in [-0.05, 0) is 42.9 Å². The number of anilines is 1. The molecule has 0 aliphatic carbocycles. The average Bonchev–Trinajstić information content (AvgIpc) is 2.42. The third-order valence-corrected chi connectivity index (χ3v) is 3.56. The van der Waals surface area contributed by atoms with Gasteiger partial charge in [0.1, 0.15) is 0 Å². The average molecular weight is 325 g/mol. The Balaban J connectivity index is 1.92. The van der Waals surface area contributed by atoms with Crippen molar-refractivity contribution in [2.45, 2.75) is 13.5 Å². The molecule has 0 unspecified atom stereocenters. The molecular formula is C15H14Cl2N2S. The molecule has 2 nitrogen and oxygen atoms in total. The van der Waals surface area contributed by atoms with E-state index in [1.165, 1.54) is 5.56 Å². The van der Waals surface area contributed by atoms with Crippen LogP contribution in [0, 0.1) is 6.92 Å². The first kappa shape index (κ1) is 15.1. The summed E-state index contributed by atoms with van der Waals surface area (Å²) < 4.78 is 0. The Bertz CT molecular complexity index is 612. The zero-order valence-electron chi connectivity index (χ0n) is 10.9. The van der Waals surface area contributed by atoms with Gasteiger partial charge in [-0.1, -0.05) is 53.0 Å². The van der Waals surface area contributed by atoms with Crippen LogP contribution >= 0.6 is 35.4 Å². The lowest BCUT2D eigenvalue weighted by molar-refractivity contribution is 0.925. The predicted molar refractivity (Wildman–Crippen MR) is 90.7 cm³/mol. The minimum Gasteiger partial charge on any atom is -0.358 e. The summed E-state index contributed by atoms with van der Waals surface area (Å²) in [5.41, 5.74) is 3.10. The maximum absolute atomic E-state index is 6.07. The summed E-state index contributed by atoms with van der Waals surface area (Å²) in [4.78, 5) is 0. The molecule has 0 aliphatic heterocycles. The van der Waals surface area contributed by atoms with E-state index in [-0.39, 0.29) is 0 Å². The zero-order chi connectivity index (χ0) is 14.5. The van der Waals surface area contributed by atoms with Gasteiger partial charge in [0.05, 0.1) is 10.7 Å². The highest BCUT2D eigenvalue weighted by Crippen LogP contribution is 2.25. The molecule has 2 aromatic carbocycles. The van der Waals surface area contributed by atoms with Gasteiger partial charge in [0.15, 0.2) is 5.11 Å². The molecule has 20 heavy (non-hydrogen) atoms. The Labute approximate surface area is 134 Å². The van der Waals surface area contributed by atoms with Crippen molar-refractivity contribution in [3.8, 4) is 0 Å². The van der Waals surface area contributed by atoms with Crippen molar-refractivity contribution in [3.05, 3.63) is 63.6 Å². The van der Waals surface area contributed by atoms with Gasteiger partial charge in [-0.15, -0.1) is 0 Å². The largest absolute Gasteiger partial charge is 0.358 e. The molecule has 0 saturated heterocycles. The van der Waals surface area contributed by atoms with Crippen molar-refractivity contribution < 1.29 is 0 Å². The van der Waals surface area contributed by atoms with Crippen molar-refractivity contribution in [1.29, 1.82) is 0 Å². The van der Waals surface area contributed by atoms with E-state index in [1.54, 1.807) is 18.2 Å². The van der Waals surface area contributed by atoms with Crippen LogP contribution in [0.2, 0.25) is 10.0 Å². The van der Waals surface area contributed by atoms with E-state index in [9.17, 15) is 0 Å². The normalized spacial score (nSPS) is 10.2. The van der Waals surface area contributed by atoms with Crippen molar-refractivity contribution in [3.63, 3.8) is 0 Å². The number of nitrogens with one attached hydrogen (secondary N) is 2. The molecule has 0 atom stereocenters. The highest BCUT2D eigenvalue weighted by Gasteiger charge is 2.03. The van der Waals surface area contributed by atoms with Gasteiger partial charge in [0, 0.05) is 11.6 Å². The van der Waals surface area contributed by atoms with E-state index >= 15 is 0 Å². The molecule has 0 aromatic heterocycles. The van der Waals surface area contributed by atoms with Crippen LogP contribution in [-0.4, -0.2) is 5.11 Å². The van der Waals surface area contributed by atoms with Crippen molar-refractivity contribution in [2.75, 3.05) is 5.32 Å². The van der Waals surface area contributed by atoms with Crippen LogP contribution < -0.4 is 10.6 Å². The smallest absolute Gasteiger partial charge is 0.171 e. The lowest BCUT2D eigenvalue weighted by atomic mass is 10.1. The van der Waals surface area contributed by atoms with Crippen LogP contribution in [0.3, 0.4) is 0 Å². The third-order valence-electron chi connectivity index (χ3n) is 2.75. The van der Waals surface area contributed by atoms with Gasteiger partial charge in [0.25, 0.3) is 0 Å². The molecule has 0 amide bonds. The van der Waals surface area contributed by atoms with Gasteiger partial charge in [-0.25, -0.2) is 0 Å². The minimum absolute atomic E-state index is 0.509. The first-order valence-electron chi connectivity index (χ1n) is 6.10. The summed E-state index contributed by atoms with van der Waals surface area (Å²) in [6.07, 6.45) is 0. The molecule has 0 fully saturated rings. The number of hydrogen-bond acceptors (Lipinski definition) is 1. The second-order valence-corrected chi connectivity index (χ2v) is 5.67. The van der Waals surface area contributed by atoms with Crippen molar-refractivity contribution in [1.82, 2.24) is 5.32 Å². The van der Waals surface area contributed by atoms with E-state index in [2.05, 4.69) is 41.8 Å². The quantitative estimate of drug-likeness (QED) is 0.794. The van der Waals surface area contributed by atoms with E-state index in [0.29, 0.717) is 27.4 Å². The molecule has 2 rings (SSSR count). The van der Waals surface area contributed by atoms with Gasteiger partial charge in [-0.2, -0.15) is 0 Å². The fourth-order valence-electron chi connectivity index (χ4n) is 1.65. The summed E-state index contributed by atoms with van der Waals surface area (Å²) >= 11 is 17.2. The summed E-state index contributed by atoms with van der Waals surface area (Å²) in [6.45, 7) is 2.72. The maximum Gasteiger partial charge on any atom is 0.171 e. The second-order valence-electron chi connectivity index (χ2n) is 4.42. The maximum atomic E-state index is 6.07. The van der Waals surface area contributed by atoms with Gasteiger partial charge < -0.3 is 10.6 Å². The van der Waals surface area contributed by atoms with E-state index < -0.39 is 0 Å². The fraction of sp³-hybridized carbons (Fsp3) is 0.133. The number of halogens is 2. The lowest BCUT2D eigenvalue weighted by Crippen LogP contribution is -2.28. The van der Waals surface area contributed by atoms with E-state index in [0.717, 1.165) is 5.56 Å². The highest BCUT2D eigenvalue weighted by atomic mass is 35.5. The van der Waals surface area contributed by atoms with Gasteiger partial charge >= 0.3 is 0 Å². The monoisotopic (exact) mass is 324 g/mol. The molecule has 0 aliphatic rings. The lowest BCUT2D eigenvalue weighted by Gasteiger charge is -2.12. The van der Waals surface area contributed by atoms with Gasteiger partial charge in [0.2, 0.25) is 0 Å². The SMILES string of the molecule is Cc1ccc(CNC(=S)Nc2cc(Cl)ccc2Cl)cc1. The summed E-state index contributed by atoms with van der Waals surface area (Å²) in [6, 6.07) is 13.5. The summed E-state index contributed by atoms with van der Waals surface area (Å²) in [7, 11) is 0. The third kappa shape index (κ3) is 4.37. The van der Waals surface area contributed by atoms with Crippen LogP contribution in [-0.2, 0) is 6.54 Å². The Kier molecular flexibility index (Phi) is 5.24. The van der Waals surface area contributed by atoms with Crippen LogP contribution in [0.4, 0.5) is 5.69 Å². The Morgan fingerprint density at radius 3 is 2.50 bits per heavy atom. The number of benzene rings is 2. The molecule has 2 N–H and O–H groups in total. The number of aryl methyl sites for hydroxylation is 1. The van der Waals surface area contributed by atoms with Crippen LogP contribution in [0.1, 0.15) is 11.1 Å². The Hall–Kier alpha value is -1.29.